The maximum atomic E-state index is 13.1. The Hall–Kier alpha value is -4.48. The fourth-order valence-electron chi connectivity index (χ4n) is 7.29. The predicted octanol–water partition coefficient (Wildman–Crippen LogP) is 4.90. The molecule has 0 N–H and O–H groups in total. The minimum atomic E-state index is -0.628. The van der Waals surface area contributed by atoms with Gasteiger partial charge in [-0.15, -0.1) is 0 Å². The molecule has 6 rings (SSSR count). The van der Waals surface area contributed by atoms with E-state index in [4.69, 9.17) is 0 Å². The Bertz CT molecular complexity index is 1390. The first kappa shape index (κ1) is 26.7. The van der Waals surface area contributed by atoms with E-state index in [1.165, 1.54) is 46.2 Å². The molecule has 0 saturated heterocycles. The molecule has 2 fully saturated rings. The van der Waals surface area contributed by atoms with Crippen molar-refractivity contribution in [1.82, 2.24) is 9.80 Å². The molecule has 0 unspecified atom stereocenters. The van der Waals surface area contributed by atoms with Crippen molar-refractivity contribution in [2.45, 2.75) is 69.9 Å². The second-order valence-corrected chi connectivity index (χ2v) is 11.5. The summed E-state index contributed by atoms with van der Waals surface area (Å²) >= 11 is 0. The third-order valence-corrected chi connectivity index (χ3v) is 9.27. The zero-order valence-electron chi connectivity index (χ0n) is 22.2. The number of nitro benzene ring substituents is 2. The van der Waals surface area contributed by atoms with E-state index in [2.05, 4.69) is 0 Å². The molecule has 0 aromatic heterocycles. The van der Waals surface area contributed by atoms with E-state index in [0.717, 1.165) is 32.1 Å². The number of carbonyl (C=O) groups excluding carboxylic acids is 4. The smallest absolute Gasteiger partial charge is 0.271 e. The summed E-state index contributed by atoms with van der Waals surface area (Å²) in [6, 6.07) is 7.71. The third kappa shape index (κ3) is 4.37. The molecular formula is C29H28N4O8. The number of nitro groups is 2. The standard InChI is InChI=1S/C29H28N4O8/c34-26-20-3-1-5-22(32(38)39)24(20)28(36)30(26)18-11-7-16(8-12-18)15-17-9-13-19(14-10-17)31-27(35)21-4-2-6-23(33(40)41)25(21)29(31)37/h1-6,16-19H,7-15H2. The van der Waals surface area contributed by atoms with Crippen molar-refractivity contribution < 1.29 is 29.0 Å². The number of fused-ring (bicyclic) bond motifs is 2. The molecule has 4 amide bonds. The summed E-state index contributed by atoms with van der Waals surface area (Å²) in [6.45, 7) is 0. The summed E-state index contributed by atoms with van der Waals surface area (Å²) in [5.74, 6) is -1.27. The van der Waals surface area contributed by atoms with Gasteiger partial charge in [-0.3, -0.25) is 49.2 Å². The number of benzene rings is 2. The summed E-state index contributed by atoms with van der Waals surface area (Å²) in [4.78, 5) is 76.1. The first-order valence-electron chi connectivity index (χ1n) is 14.0. The summed E-state index contributed by atoms with van der Waals surface area (Å²) < 4.78 is 0. The number of nitrogens with zero attached hydrogens (tertiary/aromatic N) is 4. The predicted molar refractivity (Wildman–Crippen MR) is 143 cm³/mol. The molecule has 41 heavy (non-hydrogen) atoms. The van der Waals surface area contributed by atoms with Crippen LogP contribution in [0.5, 0.6) is 0 Å². The first-order valence-corrected chi connectivity index (χ1v) is 14.0. The monoisotopic (exact) mass is 560 g/mol. The molecule has 2 aliphatic heterocycles. The van der Waals surface area contributed by atoms with Crippen molar-refractivity contribution in [3.05, 3.63) is 78.9 Å². The largest absolute Gasteiger partial charge is 0.282 e. The van der Waals surface area contributed by atoms with Crippen LogP contribution in [-0.2, 0) is 0 Å². The Labute approximate surface area is 234 Å². The highest BCUT2D eigenvalue weighted by Gasteiger charge is 2.46. The van der Waals surface area contributed by atoms with Gasteiger partial charge in [0.15, 0.2) is 0 Å². The molecule has 2 heterocycles. The normalized spacial score (nSPS) is 25.9. The van der Waals surface area contributed by atoms with Crippen LogP contribution in [0.2, 0.25) is 0 Å². The van der Waals surface area contributed by atoms with Gasteiger partial charge < -0.3 is 0 Å². The Balaban J connectivity index is 1.03. The van der Waals surface area contributed by atoms with Gasteiger partial charge in [-0.25, -0.2) is 0 Å². The van der Waals surface area contributed by atoms with Gasteiger partial charge in [0, 0.05) is 24.2 Å². The molecular weight excluding hydrogens is 532 g/mol. The van der Waals surface area contributed by atoms with Crippen molar-refractivity contribution in [2.24, 2.45) is 11.8 Å². The molecule has 2 aromatic rings. The lowest BCUT2D eigenvalue weighted by Gasteiger charge is -2.37. The summed E-state index contributed by atoms with van der Waals surface area (Å²) in [5.41, 5.74) is -0.728. The van der Waals surface area contributed by atoms with Crippen LogP contribution in [0.25, 0.3) is 0 Å². The van der Waals surface area contributed by atoms with Crippen molar-refractivity contribution in [2.75, 3.05) is 0 Å². The van der Waals surface area contributed by atoms with Crippen LogP contribution in [0.1, 0.15) is 99.2 Å². The molecule has 4 aliphatic rings. The van der Waals surface area contributed by atoms with E-state index in [1.54, 1.807) is 0 Å². The van der Waals surface area contributed by atoms with E-state index in [-0.39, 0.29) is 45.7 Å². The number of amides is 4. The van der Waals surface area contributed by atoms with Crippen LogP contribution >= 0.6 is 0 Å². The average Bonchev–Trinajstić information content (AvgIpc) is 3.38. The molecule has 0 bridgehead atoms. The maximum Gasteiger partial charge on any atom is 0.282 e. The highest BCUT2D eigenvalue weighted by atomic mass is 16.6. The van der Waals surface area contributed by atoms with E-state index < -0.39 is 33.5 Å². The van der Waals surface area contributed by atoms with E-state index >= 15 is 0 Å². The topological polar surface area (TPSA) is 161 Å². The van der Waals surface area contributed by atoms with Crippen LogP contribution in [-0.4, -0.2) is 55.4 Å². The highest BCUT2D eigenvalue weighted by Crippen LogP contribution is 2.41. The molecule has 12 nitrogen and oxygen atoms in total. The number of rotatable bonds is 6. The molecule has 212 valence electrons. The Kier molecular flexibility index (Phi) is 6.63. The zero-order chi connectivity index (χ0) is 29.0. The average molecular weight is 561 g/mol. The van der Waals surface area contributed by atoms with Gasteiger partial charge in [0.2, 0.25) is 0 Å². The molecule has 0 spiro atoms. The SMILES string of the molecule is O=C1c2cccc([N+](=O)[O-])c2C(=O)N1C1CCC(CC2CCC(N3C(=O)c4cccc([N+](=O)[O-])c4C3=O)CC2)CC1. The van der Waals surface area contributed by atoms with Crippen LogP contribution in [0.15, 0.2) is 36.4 Å². The Morgan fingerprint density at radius 2 is 0.951 bits per heavy atom. The van der Waals surface area contributed by atoms with Gasteiger partial charge in [0.05, 0.1) is 21.0 Å². The number of hydrogen-bond acceptors (Lipinski definition) is 8. The maximum absolute atomic E-state index is 13.1. The van der Waals surface area contributed by atoms with Crippen molar-refractivity contribution >= 4 is 35.0 Å². The number of imide groups is 2. The number of hydrogen-bond donors (Lipinski definition) is 0. The lowest BCUT2D eigenvalue weighted by atomic mass is 9.75. The van der Waals surface area contributed by atoms with Gasteiger partial charge in [0.1, 0.15) is 11.1 Å². The summed E-state index contributed by atoms with van der Waals surface area (Å²) in [7, 11) is 0. The van der Waals surface area contributed by atoms with E-state index in [0.29, 0.717) is 37.5 Å². The van der Waals surface area contributed by atoms with Gasteiger partial charge in [-0.05, 0) is 81.8 Å². The zero-order valence-corrected chi connectivity index (χ0v) is 22.2. The molecule has 0 atom stereocenters. The lowest BCUT2D eigenvalue weighted by Crippen LogP contribution is -2.43. The Morgan fingerprint density at radius 1 is 0.585 bits per heavy atom. The van der Waals surface area contributed by atoms with Crippen LogP contribution < -0.4 is 0 Å². The van der Waals surface area contributed by atoms with Crippen LogP contribution in [0, 0.1) is 32.1 Å². The second-order valence-electron chi connectivity index (χ2n) is 11.5. The van der Waals surface area contributed by atoms with Gasteiger partial charge >= 0.3 is 0 Å². The highest BCUT2D eigenvalue weighted by molar-refractivity contribution is 6.24. The quantitative estimate of drug-likeness (QED) is 0.274. The molecule has 12 heteroatoms. The third-order valence-electron chi connectivity index (χ3n) is 9.27. The van der Waals surface area contributed by atoms with E-state index in [1.807, 2.05) is 0 Å². The second kappa shape index (κ2) is 10.2. The molecule has 2 saturated carbocycles. The summed E-state index contributed by atoms with van der Waals surface area (Å²) in [6.07, 6.45) is 6.90. The summed E-state index contributed by atoms with van der Waals surface area (Å²) in [5, 5.41) is 22.8. The van der Waals surface area contributed by atoms with Gasteiger partial charge in [-0.1, -0.05) is 12.1 Å². The van der Waals surface area contributed by atoms with E-state index in [9.17, 15) is 39.4 Å². The van der Waals surface area contributed by atoms with Gasteiger partial charge in [-0.2, -0.15) is 0 Å². The molecule has 2 aromatic carbocycles. The fourth-order valence-corrected chi connectivity index (χ4v) is 7.29. The minimum absolute atomic E-state index is 0.0933. The van der Waals surface area contributed by atoms with Crippen molar-refractivity contribution in [3.63, 3.8) is 0 Å². The van der Waals surface area contributed by atoms with Crippen molar-refractivity contribution in [1.29, 1.82) is 0 Å². The minimum Gasteiger partial charge on any atom is -0.271 e. The molecule has 0 radical (unpaired) electrons. The Morgan fingerprint density at radius 3 is 1.29 bits per heavy atom. The fraction of sp³-hybridized carbons (Fsp3) is 0.448. The number of carbonyl (C=O) groups is 4. The lowest BCUT2D eigenvalue weighted by molar-refractivity contribution is -0.385. The first-order chi connectivity index (χ1) is 19.7. The molecule has 2 aliphatic carbocycles. The van der Waals surface area contributed by atoms with Gasteiger partial charge in [0.25, 0.3) is 35.0 Å². The van der Waals surface area contributed by atoms with Crippen LogP contribution in [0.3, 0.4) is 0 Å². The van der Waals surface area contributed by atoms with Crippen LogP contribution in [0.4, 0.5) is 11.4 Å². The van der Waals surface area contributed by atoms with Crippen molar-refractivity contribution in [3.8, 4) is 0 Å².